The maximum absolute atomic E-state index is 12.9. The highest BCUT2D eigenvalue weighted by molar-refractivity contribution is 5.71. The van der Waals surface area contributed by atoms with Gasteiger partial charge in [-0.05, 0) is 64.2 Å². The van der Waals surface area contributed by atoms with Crippen LogP contribution in [-0.2, 0) is 28.6 Å². The number of hydrogen-bond donors (Lipinski definition) is 0. The van der Waals surface area contributed by atoms with Crippen LogP contribution < -0.4 is 0 Å². The number of hydrogen-bond acceptors (Lipinski definition) is 6. The third kappa shape index (κ3) is 63.9. The van der Waals surface area contributed by atoms with Crippen LogP contribution in [0.15, 0.2) is 60.8 Å². The van der Waals surface area contributed by atoms with E-state index in [1.165, 1.54) is 212 Å². The first-order valence-electron chi connectivity index (χ1n) is 34.3. The number of ether oxygens (including phenoxy) is 3. The monoisotopic (exact) mass is 1090 g/mol. The average Bonchev–Trinajstić information content (AvgIpc) is 3.44. The Morgan fingerprint density at radius 3 is 0.782 bits per heavy atom. The summed E-state index contributed by atoms with van der Waals surface area (Å²) in [6.45, 7) is 6.56. The first kappa shape index (κ1) is 75.1. The van der Waals surface area contributed by atoms with E-state index in [1.807, 2.05) is 0 Å². The second kappa shape index (κ2) is 66.6. The zero-order valence-electron chi connectivity index (χ0n) is 52.2. The molecule has 6 nitrogen and oxygen atoms in total. The fraction of sp³-hybridized carbons (Fsp3) is 0.819. The molecule has 0 amide bonds. The molecule has 454 valence electrons. The molecule has 78 heavy (non-hydrogen) atoms. The molecule has 0 aliphatic heterocycles. The molecule has 0 saturated carbocycles. The Morgan fingerprint density at radius 2 is 0.500 bits per heavy atom. The van der Waals surface area contributed by atoms with Crippen molar-refractivity contribution in [1.29, 1.82) is 0 Å². The molecule has 6 heteroatoms. The van der Waals surface area contributed by atoms with Crippen LogP contribution >= 0.6 is 0 Å². The second-order valence-corrected chi connectivity index (χ2v) is 23.1. The molecule has 0 radical (unpaired) electrons. The van der Waals surface area contributed by atoms with Gasteiger partial charge in [0, 0.05) is 19.3 Å². The zero-order chi connectivity index (χ0) is 56.4. The van der Waals surface area contributed by atoms with Crippen LogP contribution in [0, 0.1) is 0 Å². The summed E-state index contributed by atoms with van der Waals surface area (Å²) >= 11 is 0. The Kier molecular flexibility index (Phi) is 64.2. The van der Waals surface area contributed by atoms with Crippen LogP contribution in [0.4, 0.5) is 0 Å². The largest absolute Gasteiger partial charge is 0.462 e. The van der Waals surface area contributed by atoms with Crippen molar-refractivity contribution in [3.63, 3.8) is 0 Å². The van der Waals surface area contributed by atoms with E-state index in [1.54, 1.807) is 0 Å². The van der Waals surface area contributed by atoms with Crippen molar-refractivity contribution in [3.8, 4) is 0 Å². The van der Waals surface area contributed by atoms with Gasteiger partial charge in [-0.3, -0.25) is 14.4 Å². The molecule has 0 aliphatic carbocycles. The van der Waals surface area contributed by atoms with Crippen LogP contribution in [0.25, 0.3) is 0 Å². The number of carbonyl (C=O) groups excluding carboxylic acids is 3. The Hall–Kier alpha value is -2.89. The van der Waals surface area contributed by atoms with Crippen molar-refractivity contribution < 1.29 is 28.6 Å². The van der Waals surface area contributed by atoms with Gasteiger partial charge in [0.2, 0.25) is 0 Å². The molecular weight excluding hydrogens is 961 g/mol. The molecule has 0 N–H and O–H groups in total. The van der Waals surface area contributed by atoms with Crippen LogP contribution in [0.1, 0.15) is 361 Å². The lowest BCUT2D eigenvalue weighted by molar-refractivity contribution is -0.167. The van der Waals surface area contributed by atoms with Crippen molar-refractivity contribution in [3.05, 3.63) is 60.8 Å². The first-order valence-corrected chi connectivity index (χ1v) is 34.3. The standard InChI is InChI=1S/C72H130O6/c1-4-7-10-13-16-19-22-24-26-28-30-32-33-34-35-36-37-38-40-41-43-45-47-50-53-56-59-62-65-71(74)77-68-69(67-76-70(73)64-61-58-55-52-49-21-18-15-12-9-6-3)78-72(75)66-63-60-57-54-51-48-46-44-42-39-31-29-27-25-23-20-17-14-11-8-5-2/h8,11,17,20,25,27,31,39,44,46,69H,4-7,9-10,12-16,18-19,21-24,26,28-30,32-38,40-43,45,47-68H2,1-3H3/b11-8-,20-17-,27-25-,39-31-,46-44-. The van der Waals surface area contributed by atoms with E-state index in [4.69, 9.17) is 14.2 Å². The van der Waals surface area contributed by atoms with Gasteiger partial charge in [0.1, 0.15) is 13.2 Å². The van der Waals surface area contributed by atoms with Gasteiger partial charge in [-0.15, -0.1) is 0 Å². The summed E-state index contributed by atoms with van der Waals surface area (Å²) in [5.41, 5.74) is 0. The summed E-state index contributed by atoms with van der Waals surface area (Å²) < 4.78 is 16.9. The predicted molar refractivity (Wildman–Crippen MR) is 339 cm³/mol. The Labute approximate surface area is 485 Å². The molecule has 0 aromatic heterocycles. The Balaban J connectivity index is 4.20. The van der Waals surface area contributed by atoms with Gasteiger partial charge in [0.25, 0.3) is 0 Å². The third-order valence-corrected chi connectivity index (χ3v) is 15.3. The highest BCUT2D eigenvalue weighted by Crippen LogP contribution is 2.18. The summed E-state index contributed by atoms with van der Waals surface area (Å²) in [4.78, 5) is 38.3. The van der Waals surface area contributed by atoms with E-state index in [2.05, 4.69) is 81.5 Å². The minimum Gasteiger partial charge on any atom is -0.462 e. The fourth-order valence-corrected chi connectivity index (χ4v) is 10.2. The predicted octanol–water partition coefficient (Wildman–Crippen LogP) is 23.5. The highest BCUT2D eigenvalue weighted by Gasteiger charge is 2.19. The van der Waals surface area contributed by atoms with Crippen molar-refractivity contribution in [2.24, 2.45) is 0 Å². The first-order chi connectivity index (χ1) is 38.5. The van der Waals surface area contributed by atoms with E-state index in [9.17, 15) is 14.4 Å². The van der Waals surface area contributed by atoms with Gasteiger partial charge >= 0.3 is 17.9 Å². The van der Waals surface area contributed by atoms with E-state index < -0.39 is 6.10 Å². The van der Waals surface area contributed by atoms with Crippen LogP contribution in [0.3, 0.4) is 0 Å². The fourth-order valence-electron chi connectivity index (χ4n) is 10.2. The molecule has 0 heterocycles. The van der Waals surface area contributed by atoms with Crippen LogP contribution in [-0.4, -0.2) is 37.2 Å². The van der Waals surface area contributed by atoms with E-state index in [0.29, 0.717) is 19.3 Å². The maximum atomic E-state index is 12.9. The van der Waals surface area contributed by atoms with Crippen LogP contribution in [0.5, 0.6) is 0 Å². The van der Waals surface area contributed by atoms with Crippen molar-refractivity contribution in [2.75, 3.05) is 13.2 Å². The minimum absolute atomic E-state index is 0.0777. The quantitative estimate of drug-likeness (QED) is 0.0261. The van der Waals surface area contributed by atoms with E-state index >= 15 is 0 Å². The molecule has 0 aliphatic rings. The molecule has 0 fully saturated rings. The molecule has 0 bridgehead atoms. The topological polar surface area (TPSA) is 78.9 Å². The second-order valence-electron chi connectivity index (χ2n) is 23.1. The molecule has 0 rings (SSSR count). The molecular formula is C72H130O6. The molecule has 0 spiro atoms. The van der Waals surface area contributed by atoms with Gasteiger partial charge in [0.15, 0.2) is 6.10 Å². The number of esters is 3. The lowest BCUT2D eigenvalue weighted by Crippen LogP contribution is -2.30. The van der Waals surface area contributed by atoms with Crippen LogP contribution in [0.2, 0.25) is 0 Å². The van der Waals surface area contributed by atoms with Crippen molar-refractivity contribution in [1.82, 2.24) is 0 Å². The number of rotatable bonds is 63. The molecule has 0 aromatic carbocycles. The number of carbonyl (C=O) groups is 3. The maximum Gasteiger partial charge on any atom is 0.306 e. The molecule has 1 atom stereocenters. The van der Waals surface area contributed by atoms with Gasteiger partial charge in [0.05, 0.1) is 0 Å². The number of allylic oxidation sites excluding steroid dienone is 10. The van der Waals surface area contributed by atoms with Gasteiger partial charge in [-0.2, -0.15) is 0 Å². The molecule has 0 aromatic rings. The number of unbranched alkanes of at least 4 members (excludes halogenated alkanes) is 42. The lowest BCUT2D eigenvalue weighted by atomic mass is 10.0. The SMILES string of the molecule is CC/C=C\C/C=C\C/C=C\C/C=C\C/C=C\CCCCCCCC(=O)OC(COC(=O)CCCCCCCCCCCCC)COC(=O)CCCCCCCCCCCCCCCCCCCCCCCCCCCCCC. The molecule has 1 unspecified atom stereocenters. The van der Waals surface area contributed by atoms with Gasteiger partial charge in [-0.1, -0.05) is 338 Å². The summed E-state index contributed by atoms with van der Waals surface area (Å²) in [6, 6.07) is 0. The van der Waals surface area contributed by atoms with E-state index in [-0.39, 0.29) is 31.1 Å². The van der Waals surface area contributed by atoms with E-state index in [0.717, 1.165) is 109 Å². The van der Waals surface area contributed by atoms with Gasteiger partial charge in [-0.25, -0.2) is 0 Å². The normalized spacial score (nSPS) is 12.4. The highest BCUT2D eigenvalue weighted by atomic mass is 16.6. The summed E-state index contributed by atoms with van der Waals surface area (Å²) in [5, 5.41) is 0. The van der Waals surface area contributed by atoms with Crippen molar-refractivity contribution >= 4 is 17.9 Å². The van der Waals surface area contributed by atoms with Gasteiger partial charge < -0.3 is 14.2 Å². The Morgan fingerprint density at radius 1 is 0.269 bits per heavy atom. The average molecular weight is 1090 g/mol. The summed E-state index contributed by atoms with van der Waals surface area (Å²) in [7, 11) is 0. The summed E-state index contributed by atoms with van der Waals surface area (Å²) in [6.07, 6.45) is 85.4. The summed E-state index contributed by atoms with van der Waals surface area (Å²) in [5.74, 6) is -0.876. The molecule has 0 saturated heterocycles. The lowest BCUT2D eigenvalue weighted by Gasteiger charge is -2.18. The minimum atomic E-state index is -0.783. The van der Waals surface area contributed by atoms with Crippen molar-refractivity contribution in [2.45, 2.75) is 367 Å². The zero-order valence-corrected chi connectivity index (χ0v) is 52.2. The smallest absolute Gasteiger partial charge is 0.306 e. The third-order valence-electron chi connectivity index (χ3n) is 15.3. The Bertz CT molecular complexity index is 1390.